The Morgan fingerprint density at radius 2 is 1.79 bits per heavy atom. The molecule has 2 heterocycles. The average molecular weight is 417 g/mol. The number of anilines is 2. The molecule has 1 saturated heterocycles. The Hall–Kier alpha value is -2.65. The predicted molar refractivity (Wildman–Crippen MR) is 112 cm³/mol. The maximum absolute atomic E-state index is 11.6. The van der Waals surface area contributed by atoms with E-state index in [9.17, 15) is 18.5 Å². The number of hydrogen-bond donors (Lipinski definition) is 1. The molecule has 2 N–H and O–H groups in total. The van der Waals surface area contributed by atoms with Crippen molar-refractivity contribution >= 4 is 27.1 Å². The van der Waals surface area contributed by atoms with Crippen LogP contribution in [0.25, 0.3) is 0 Å². The third-order valence-corrected chi connectivity index (χ3v) is 6.84. The van der Waals surface area contributed by atoms with Crippen molar-refractivity contribution in [2.75, 3.05) is 22.9 Å². The summed E-state index contributed by atoms with van der Waals surface area (Å²) < 4.78 is 23.1. The van der Waals surface area contributed by atoms with Gasteiger partial charge in [-0.15, -0.1) is 0 Å². The molecule has 2 aromatic rings. The lowest BCUT2D eigenvalue weighted by molar-refractivity contribution is -0.384. The van der Waals surface area contributed by atoms with Crippen molar-refractivity contribution in [1.82, 2.24) is 0 Å². The number of primary sulfonamides is 1. The van der Waals surface area contributed by atoms with Gasteiger partial charge in [0.05, 0.1) is 9.82 Å². The van der Waals surface area contributed by atoms with Crippen molar-refractivity contribution < 1.29 is 13.3 Å². The largest absolute Gasteiger partial charge is 0.366 e. The van der Waals surface area contributed by atoms with Crippen molar-refractivity contribution in [1.29, 1.82) is 0 Å². The molecule has 8 nitrogen and oxygen atoms in total. The number of fused-ring (bicyclic) bond motifs is 1. The number of para-hydroxylation sites is 1. The second kappa shape index (κ2) is 7.31. The van der Waals surface area contributed by atoms with Gasteiger partial charge in [0.25, 0.3) is 5.69 Å². The van der Waals surface area contributed by atoms with Gasteiger partial charge in [0.15, 0.2) is 0 Å². The monoisotopic (exact) mass is 416 g/mol. The zero-order valence-corrected chi connectivity index (χ0v) is 17.0. The molecule has 154 valence electrons. The molecule has 1 unspecified atom stereocenters. The SMILES string of the molecule is CC1Cc2ccccc2N1C1CCN(c2ccc(S(N)(=O)=O)cc2[N+](=O)[O-])CC1. The molecule has 1 atom stereocenters. The highest BCUT2D eigenvalue weighted by molar-refractivity contribution is 7.89. The quantitative estimate of drug-likeness (QED) is 0.606. The third kappa shape index (κ3) is 3.67. The van der Waals surface area contributed by atoms with E-state index in [0.29, 0.717) is 30.9 Å². The Kier molecular flexibility index (Phi) is 4.95. The average Bonchev–Trinajstić information content (AvgIpc) is 3.02. The number of nitrogens with zero attached hydrogens (tertiary/aromatic N) is 3. The number of nitrogens with two attached hydrogens (primary N) is 1. The van der Waals surface area contributed by atoms with E-state index >= 15 is 0 Å². The van der Waals surface area contributed by atoms with Gasteiger partial charge in [0, 0.05) is 36.9 Å². The summed E-state index contributed by atoms with van der Waals surface area (Å²) in [6.45, 7) is 3.58. The summed E-state index contributed by atoms with van der Waals surface area (Å²) in [6, 6.07) is 13.2. The van der Waals surface area contributed by atoms with Gasteiger partial charge in [-0.2, -0.15) is 0 Å². The fourth-order valence-electron chi connectivity index (χ4n) is 4.62. The number of sulfonamides is 1. The van der Waals surface area contributed by atoms with Gasteiger partial charge in [-0.25, -0.2) is 13.6 Å². The molecule has 2 aliphatic heterocycles. The summed E-state index contributed by atoms with van der Waals surface area (Å²) in [7, 11) is -3.99. The van der Waals surface area contributed by atoms with Gasteiger partial charge in [0.2, 0.25) is 10.0 Å². The van der Waals surface area contributed by atoms with Crippen molar-refractivity contribution in [3.05, 3.63) is 58.1 Å². The summed E-state index contributed by atoms with van der Waals surface area (Å²) in [6.07, 6.45) is 2.80. The molecule has 1 fully saturated rings. The molecule has 0 saturated carbocycles. The van der Waals surface area contributed by atoms with Crippen LogP contribution in [0.15, 0.2) is 47.4 Å². The highest BCUT2D eigenvalue weighted by atomic mass is 32.2. The molecular formula is C20H24N4O4S. The molecular weight excluding hydrogens is 392 g/mol. The second-order valence-corrected chi connectivity index (χ2v) is 9.32. The van der Waals surface area contributed by atoms with Crippen molar-refractivity contribution in [2.45, 2.75) is 43.2 Å². The molecule has 0 bridgehead atoms. The van der Waals surface area contributed by atoms with Crippen LogP contribution >= 0.6 is 0 Å². The predicted octanol–water partition coefficient (Wildman–Crippen LogP) is 2.66. The molecule has 29 heavy (non-hydrogen) atoms. The smallest absolute Gasteiger partial charge is 0.293 e. The minimum atomic E-state index is -3.99. The summed E-state index contributed by atoms with van der Waals surface area (Å²) in [5.74, 6) is 0. The molecule has 0 aromatic heterocycles. The van der Waals surface area contributed by atoms with E-state index in [1.54, 1.807) is 0 Å². The molecule has 0 amide bonds. The first kappa shape index (κ1) is 19.7. The lowest BCUT2D eigenvalue weighted by Crippen LogP contribution is -2.47. The standard InChI is InChI=1S/C20H24N4O4S/c1-14-12-15-4-2-3-5-18(15)23(14)16-8-10-22(11-9-16)19-7-6-17(29(21,27)28)13-20(19)24(25)26/h2-7,13-14,16H,8-12H2,1H3,(H2,21,27,28). The highest BCUT2D eigenvalue weighted by Crippen LogP contribution is 2.38. The van der Waals surface area contributed by atoms with Gasteiger partial charge in [-0.3, -0.25) is 10.1 Å². The second-order valence-electron chi connectivity index (χ2n) is 7.76. The first-order valence-corrected chi connectivity index (χ1v) is 11.2. The van der Waals surface area contributed by atoms with Crippen molar-refractivity contribution in [2.24, 2.45) is 5.14 Å². The number of rotatable bonds is 4. The normalized spacial score (nSPS) is 20.0. The zero-order chi connectivity index (χ0) is 20.8. The fourth-order valence-corrected chi connectivity index (χ4v) is 5.16. The van der Waals surface area contributed by atoms with E-state index in [0.717, 1.165) is 25.3 Å². The zero-order valence-electron chi connectivity index (χ0n) is 16.2. The van der Waals surface area contributed by atoms with Crippen LogP contribution in [-0.4, -0.2) is 38.5 Å². The minimum Gasteiger partial charge on any atom is -0.366 e. The van der Waals surface area contributed by atoms with Crippen LogP contribution in [-0.2, 0) is 16.4 Å². The van der Waals surface area contributed by atoms with E-state index in [2.05, 4.69) is 36.1 Å². The molecule has 2 aliphatic rings. The summed E-state index contributed by atoms with van der Waals surface area (Å²) >= 11 is 0. The first-order chi connectivity index (χ1) is 13.8. The van der Waals surface area contributed by atoms with Crippen LogP contribution in [0.3, 0.4) is 0 Å². The molecule has 0 spiro atoms. The molecule has 9 heteroatoms. The van der Waals surface area contributed by atoms with Gasteiger partial charge in [-0.1, -0.05) is 18.2 Å². The van der Waals surface area contributed by atoms with Crippen LogP contribution in [0, 0.1) is 10.1 Å². The Labute approximate surface area is 170 Å². The summed E-state index contributed by atoms with van der Waals surface area (Å²) in [5.41, 5.74) is 2.88. The maximum Gasteiger partial charge on any atom is 0.293 e. The van der Waals surface area contributed by atoms with Crippen LogP contribution < -0.4 is 14.9 Å². The van der Waals surface area contributed by atoms with Gasteiger partial charge < -0.3 is 9.80 Å². The van der Waals surface area contributed by atoms with Crippen LogP contribution in [0.5, 0.6) is 0 Å². The van der Waals surface area contributed by atoms with Crippen LogP contribution in [0.1, 0.15) is 25.3 Å². The Morgan fingerprint density at radius 3 is 2.45 bits per heavy atom. The number of piperidine rings is 1. The number of hydrogen-bond acceptors (Lipinski definition) is 6. The molecule has 0 aliphatic carbocycles. The van der Waals surface area contributed by atoms with Crippen molar-refractivity contribution in [3.8, 4) is 0 Å². The lowest BCUT2D eigenvalue weighted by atomic mass is 10.0. The topological polar surface area (TPSA) is 110 Å². The van der Waals surface area contributed by atoms with E-state index in [1.165, 1.54) is 23.4 Å². The van der Waals surface area contributed by atoms with E-state index in [4.69, 9.17) is 5.14 Å². The van der Waals surface area contributed by atoms with Crippen LogP contribution in [0.4, 0.5) is 17.1 Å². The Bertz CT molecular complexity index is 1050. The number of nitro benzene ring substituents is 1. The van der Waals surface area contributed by atoms with E-state index in [1.807, 2.05) is 4.90 Å². The first-order valence-electron chi connectivity index (χ1n) is 9.68. The van der Waals surface area contributed by atoms with Crippen LogP contribution in [0.2, 0.25) is 0 Å². The lowest BCUT2D eigenvalue weighted by Gasteiger charge is -2.41. The highest BCUT2D eigenvalue weighted by Gasteiger charge is 2.34. The minimum absolute atomic E-state index is 0.227. The van der Waals surface area contributed by atoms with Gasteiger partial charge >= 0.3 is 0 Å². The maximum atomic E-state index is 11.6. The summed E-state index contributed by atoms with van der Waals surface area (Å²) in [4.78, 5) is 15.2. The van der Waals surface area contributed by atoms with Crippen molar-refractivity contribution in [3.63, 3.8) is 0 Å². The molecule has 2 aromatic carbocycles. The van der Waals surface area contributed by atoms with Gasteiger partial charge in [-0.05, 0) is 49.9 Å². The number of benzene rings is 2. The van der Waals surface area contributed by atoms with Gasteiger partial charge in [0.1, 0.15) is 5.69 Å². The molecule has 0 radical (unpaired) electrons. The Balaban J connectivity index is 1.54. The summed E-state index contributed by atoms with van der Waals surface area (Å²) in [5, 5.41) is 16.7. The Morgan fingerprint density at radius 1 is 1.10 bits per heavy atom. The number of nitro groups is 1. The molecule has 4 rings (SSSR count). The fraction of sp³-hybridized carbons (Fsp3) is 0.400. The third-order valence-electron chi connectivity index (χ3n) is 5.93. The van der Waals surface area contributed by atoms with E-state index in [-0.39, 0.29) is 10.6 Å². The van der Waals surface area contributed by atoms with E-state index < -0.39 is 14.9 Å².